The molecular weight excluding hydrogens is 444 g/mol. The molecule has 0 aromatic heterocycles. The second-order valence-electron chi connectivity index (χ2n) is 8.58. The molecule has 5 N–H and O–H groups in total. The van der Waals surface area contributed by atoms with Crippen molar-refractivity contribution in [2.24, 2.45) is 5.10 Å². The lowest BCUT2D eigenvalue weighted by atomic mass is 9.99. The van der Waals surface area contributed by atoms with Crippen LogP contribution >= 0.6 is 0 Å². The molecule has 4 rings (SSSR count). The maximum absolute atomic E-state index is 12.9. The number of hydrogen-bond acceptors (Lipinski definition) is 6. The van der Waals surface area contributed by atoms with Crippen molar-refractivity contribution >= 4 is 34.7 Å². The van der Waals surface area contributed by atoms with Gasteiger partial charge in [0.05, 0.1) is 17.0 Å². The molecule has 0 unspecified atom stereocenters. The standard InChI is InChI=1S/C27H26N4O4/c1-15-11-22(19-7-4-8-20(13-19)27(34)35)25(32)23(12-15)30-31-24(16(2)28)26(33)29-21-10-9-17-5-3-6-18(17)14-21/h4,7-14,28,30,32H,3,5-6H2,1-2H3,(H,29,33)(H,34,35)/b28-16?,31-24-. The molecular formula is C27H26N4O4. The molecule has 3 aromatic carbocycles. The number of hydrazone groups is 1. The van der Waals surface area contributed by atoms with Gasteiger partial charge in [-0.25, -0.2) is 4.79 Å². The fraction of sp³-hybridized carbons (Fsp3) is 0.185. The van der Waals surface area contributed by atoms with E-state index >= 15 is 0 Å². The van der Waals surface area contributed by atoms with Crippen LogP contribution in [0.3, 0.4) is 0 Å². The average Bonchev–Trinajstić information content (AvgIpc) is 3.29. The van der Waals surface area contributed by atoms with Gasteiger partial charge in [-0.05, 0) is 91.8 Å². The number of aryl methyl sites for hydroxylation is 3. The summed E-state index contributed by atoms with van der Waals surface area (Å²) in [6.07, 6.45) is 3.13. The number of benzene rings is 3. The van der Waals surface area contributed by atoms with E-state index in [2.05, 4.69) is 15.8 Å². The first-order chi connectivity index (χ1) is 16.7. The Balaban J connectivity index is 1.60. The van der Waals surface area contributed by atoms with Gasteiger partial charge in [-0.2, -0.15) is 5.10 Å². The number of nitrogens with one attached hydrogen (secondary N) is 3. The minimum Gasteiger partial charge on any atom is -0.505 e. The summed E-state index contributed by atoms with van der Waals surface area (Å²) in [5, 5.41) is 35.1. The second-order valence-corrected chi connectivity index (χ2v) is 8.58. The van der Waals surface area contributed by atoms with E-state index in [9.17, 15) is 19.8 Å². The summed E-state index contributed by atoms with van der Waals surface area (Å²) in [4.78, 5) is 24.2. The first-order valence-electron chi connectivity index (χ1n) is 11.2. The molecule has 0 heterocycles. The number of aromatic hydroxyl groups is 1. The molecule has 178 valence electrons. The van der Waals surface area contributed by atoms with E-state index in [4.69, 9.17) is 5.41 Å². The zero-order chi connectivity index (χ0) is 25.1. The number of amides is 1. The molecule has 0 atom stereocenters. The topological polar surface area (TPSA) is 135 Å². The predicted octanol–water partition coefficient (Wildman–Crippen LogP) is 5.00. The molecule has 0 saturated carbocycles. The molecule has 35 heavy (non-hydrogen) atoms. The molecule has 0 saturated heterocycles. The summed E-state index contributed by atoms with van der Waals surface area (Å²) in [6, 6.07) is 15.4. The summed E-state index contributed by atoms with van der Waals surface area (Å²) >= 11 is 0. The van der Waals surface area contributed by atoms with Crippen molar-refractivity contribution < 1.29 is 19.8 Å². The highest BCUT2D eigenvalue weighted by molar-refractivity contribution is 6.67. The number of carbonyl (C=O) groups is 2. The Morgan fingerprint density at radius 2 is 1.80 bits per heavy atom. The summed E-state index contributed by atoms with van der Waals surface area (Å²) in [7, 11) is 0. The first kappa shape index (κ1) is 23.7. The Bertz CT molecular complexity index is 1380. The van der Waals surface area contributed by atoms with E-state index < -0.39 is 11.9 Å². The minimum absolute atomic E-state index is 0.0438. The van der Waals surface area contributed by atoms with E-state index in [-0.39, 0.29) is 28.4 Å². The molecule has 3 aromatic rings. The number of aromatic carboxylic acids is 1. The van der Waals surface area contributed by atoms with Crippen LogP contribution in [0.1, 0.15) is 40.4 Å². The van der Waals surface area contributed by atoms with Crippen LogP contribution in [0.5, 0.6) is 5.75 Å². The largest absolute Gasteiger partial charge is 0.505 e. The molecule has 1 amide bonds. The van der Waals surface area contributed by atoms with Crippen LogP contribution in [0.4, 0.5) is 11.4 Å². The Morgan fingerprint density at radius 3 is 2.54 bits per heavy atom. The molecule has 0 radical (unpaired) electrons. The number of anilines is 2. The van der Waals surface area contributed by atoms with Gasteiger partial charge in [-0.3, -0.25) is 10.2 Å². The molecule has 0 fully saturated rings. The van der Waals surface area contributed by atoms with Crippen LogP contribution in [-0.2, 0) is 17.6 Å². The van der Waals surface area contributed by atoms with Crippen LogP contribution in [0.2, 0.25) is 0 Å². The lowest BCUT2D eigenvalue weighted by Gasteiger charge is -2.13. The Kier molecular flexibility index (Phi) is 6.64. The van der Waals surface area contributed by atoms with Crippen LogP contribution in [-0.4, -0.2) is 33.5 Å². The highest BCUT2D eigenvalue weighted by Crippen LogP contribution is 2.37. The molecule has 1 aliphatic carbocycles. The van der Waals surface area contributed by atoms with E-state index in [0.29, 0.717) is 16.8 Å². The zero-order valence-corrected chi connectivity index (χ0v) is 19.5. The Hall–Kier alpha value is -4.46. The number of phenolic OH excluding ortho intramolecular Hbond substituents is 1. The normalized spacial score (nSPS) is 12.7. The minimum atomic E-state index is -1.07. The van der Waals surface area contributed by atoms with Crippen molar-refractivity contribution in [3.63, 3.8) is 0 Å². The van der Waals surface area contributed by atoms with Gasteiger partial charge in [0.2, 0.25) is 0 Å². The third kappa shape index (κ3) is 5.22. The van der Waals surface area contributed by atoms with Gasteiger partial charge in [-0.1, -0.05) is 18.2 Å². The van der Waals surface area contributed by atoms with Gasteiger partial charge in [0.15, 0.2) is 5.71 Å². The SMILES string of the molecule is CC(=N)/C(=N/Nc1cc(C)cc(-c2cccc(C(=O)O)c2)c1O)C(=O)Nc1ccc2c(c1)CCC2. The van der Waals surface area contributed by atoms with Crippen molar-refractivity contribution in [3.8, 4) is 16.9 Å². The van der Waals surface area contributed by atoms with Gasteiger partial charge in [0.25, 0.3) is 5.91 Å². The molecule has 1 aliphatic rings. The quantitative estimate of drug-likeness (QED) is 0.188. The molecule has 8 nitrogen and oxygen atoms in total. The smallest absolute Gasteiger partial charge is 0.335 e. The van der Waals surface area contributed by atoms with Crippen molar-refractivity contribution in [1.82, 2.24) is 0 Å². The van der Waals surface area contributed by atoms with Crippen molar-refractivity contribution in [1.29, 1.82) is 5.41 Å². The Morgan fingerprint density at radius 1 is 1.03 bits per heavy atom. The molecule has 0 aliphatic heterocycles. The maximum atomic E-state index is 12.9. The van der Waals surface area contributed by atoms with Gasteiger partial charge in [0.1, 0.15) is 5.75 Å². The maximum Gasteiger partial charge on any atom is 0.335 e. The first-order valence-corrected chi connectivity index (χ1v) is 11.2. The third-order valence-corrected chi connectivity index (χ3v) is 5.89. The highest BCUT2D eigenvalue weighted by Gasteiger charge is 2.18. The van der Waals surface area contributed by atoms with Crippen molar-refractivity contribution in [2.45, 2.75) is 33.1 Å². The highest BCUT2D eigenvalue weighted by atomic mass is 16.4. The average molecular weight is 471 g/mol. The molecule has 8 heteroatoms. The van der Waals surface area contributed by atoms with E-state index in [1.54, 1.807) is 24.3 Å². The number of carboxylic acids is 1. The summed E-state index contributed by atoms with van der Waals surface area (Å²) in [5.41, 5.74) is 7.75. The van der Waals surface area contributed by atoms with Crippen LogP contribution in [0, 0.1) is 12.3 Å². The monoisotopic (exact) mass is 470 g/mol. The van der Waals surface area contributed by atoms with Gasteiger partial charge in [0, 0.05) is 11.3 Å². The van der Waals surface area contributed by atoms with Gasteiger partial charge in [-0.15, -0.1) is 0 Å². The lowest BCUT2D eigenvalue weighted by molar-refractivity contribution is -0.110. The zero-order valence-electron chi connectivity index (χ0n) is 19.5. The summed E-state index contributed by atoms with van der Waals surface area (Å²) in [5.74, 6) is -1.75. The van der Waals surface area contributed by atoms with Crippen LogP contribution < -0.4 is 10.7 Å². The number of carbonyl (C=O) groups excluding carboxylic acids is 1. The van der Waals surface area contributed by atoms with Crippen molar-refractivity contribution in [3.05, 3.63) is 76.9 Å². The summed E-state index contributed by atoms with van der Waals surface area (Å²) in [6.45, 7) is 3.28. The van der Waals surface area contributed by atoms with E-state index in [1.165, 1.54) is 30.2 Å². The van der Waals surface area contributed by atoms with Gasteiger partial charge < -0.3 is 20.9 Å². The fourth-order valence-electron chi connectivity index (χ4n) is 4.16. The number of nitrogens with zero attached hydrogens (tertiary/aromatic N) is 1. The van der Waals surface area contributed by atoms with Crippen molar-refractivity contribution in [2.75, 3.05) is 10.7 Å². The number of hydrogen-bond donors (Lipinski definition) is 5. The lowest BCUT2D eigenvalue weighted by Crippen LogP contribution is -2.29. The second kappa shape index (κ2) is 9.80. The van der Waals surface area contributed by atoms with Gasteiger partial charge >= 0.3 is 5.97 Å². The number of phenols is 1. The third-order valence-electron chi connectivity index (χ3n) is 5.89. The van der Waals surface area contributed by atoms with Crippen LogP contribution in [0.25, 0.3) is 11.1 Å². The summed E-state index contributed by atoms with van der Waals surface area (Å²) < 4.78 is 0. The van der Waals surface area contributed by atoms with E-state index in [1.807, 2.05) is 25.1 Å². The van der Waals surface area contributed by atoms with E-state index in [0.717, 1.165) is 24.8 Å². The molecule has 0 spiro atoms. The molecule has 0 bridgehead atoms. The number of carboxylic acid groups (broad SMARTS) is 1. The predicted molar refractivity (Wildman–Crippen MR) is 137 cm³/mol. The number of rotatable bonds is 7. The fourth-order valence-corrected chi connectivity index (χ4v) is 4.16. The number of fused-ring (bicyclic) bond motifs is 1. The van der Waals surface area contributed by atoms with Crippen LogP contribution in [0.15, 0.2) is 59.7 Å². The Labute approximate surface area is 202 Å².